The number of piperidine rings is 1. The van der Waals surface area contributed by atoms with E-state index >= 15 is 0 Å². The number of rotatable bonds is 5. The van der Waals surface area contributed by atoms with Crippen molar-refractivity contribution in [2.45, 2.75) is 87.0 Å². The van der Waals surface area contributed by atoms with Crippen LogP contribution >= 0.6 is 0 Å². The predicted molar refractivity (Wildman–Crippen MR) is 136 cm³/mol. The number of hydrogen-bond acceptors (Lipinski definition) is 6. The molecule has 6 rings (SSSR count). The van der Waals surface area contributed by atoms with E-state index in [2.05, 4.69) is 28.4 Å². The van der Waals surface area contributed by atoms with Gasteiger partial charge in [0.05, 0.1) is 28.6 Å². The third kappa shape index (κ3) is 4.15. The molecule has 1 aromatic heterocycles. The maximum absolute atomic E-state index is 13.1. The zero-order valence-corrected chi connectivity index (χ0v) is 20.8. The number of nitrogens with zero attached hydrogens (tertiary/aromatic N) is 3. The quantitative estimate of drug-likeness (QED) is 0.670. The number of fused-ring (bicyclic) bond motifs is 2. The second-order valence-corrected chi connectivity index (χ2v) is 12.2. The van der Waals surface area contributed by atoms with Crippen LogP contribution in [0, 0.1) is 0 Å². The maximum atomic E-state index is 13.1. The van der Waals surface area contributed by atoms with Crippen molar-refractivity contribution in [3.63, 3.8) is 0 Å². The van der Waals surface area contributed by atoms with Crippen molar-refractivity contribution in [2.75, 3.05) is 35.7 Å². The fourth-order valence-corrected chi connectivity index (χ4v) is 7.58. The van der Waals surface area contributed by atoms with Crippen LogP contribution in [0.2, 0.25) is 0 Å². The highest BCUT2D eigenvalue weighted by molar-refractivity contribution is 7.85. The van der Waals surface area contributed by atoms with E-state index in [4.69, 9.17) is 9.97 Å². The molecular formula is C27H36N4O2S. The third-order valence-electron chi connectivity index (χ3n) is 8.51. The van der Waals surface area contributed by atoms with Gasteiger partial charge in [-0.15, -0.1) is 0 Å². The van der Waals surface area contributed by atoms with Gasteiger partial charge < -0.3 is 15.3 Å². The standard InChI is InChI=1S/C27H36N4O2S/c32-18-27(12-4-13-27)30-25-24-23(7-1-2-16-34(24)33)28-26(29-25)31-14-10-20(11-15-31)22-9-8-19-5-3-6-21(19)17-22/h8-9,17,20,32H,1-7,10-16,18H2,(H,28,29,30). The van der Waals surface area contributed by atoms with Crippen LogP contribution in [-0.4, -0.2) is 50.3 Å². The molecule has 0 amide bonds. The highest BCUT2D eigenvalue weighted by Crippen LogP contribution is 2.39. The van der Waals surface area contributed by atoms with E-state index in [0.717, 1.165) is 81.0 Å². The van der Waals surface area contributed by atoms with Crippen molar-refractivity contribution in [3.8, 4) is 0 Å². The molecule has 7 heteroatoms. The number of aliphatic hydroxyl groups is 1. The molecule has 2 aromatic rings. The van der Waals surface area contributed by atoms with Crippen molar-refractivity contribution >= 4 is 22.6 Å². The fourth-order valence-electron chi connectivity index (χ4n) is 6.18. The highest BCUT2D eigenvalue weighted by Gasteiger charge is 2.38. The zero-order chi connectivity index (χ0) is 23.1. The van der Waals surface area contributed by atoms with Gasteiger partial charge in [-0.1, -0.05) is 18.2 Å². The van der Waals surface area contributed by atoms with Gasteiger partial charge in [-0.2, -0.15) is 4.98 Å². The summed E-state index contributed by atoms with van der Waals surface area (Å²) in [5, 5.41) is 13.6. The topological polar surface area (TPSA) is 78.4 Å². The van der Waals surface area contributed by atoms with Crippen LogP contribution in [0.15, 0.2) is 23.1 Å². The van der Waals surface area contributed by atoms with Crippen LogP contribution in [0.3, 0.4) is 0 Å². The number of aromatic nitrogens is 2. The molecule has 1 aromatic carbocycles. The Morgan fingerprint density at radius 1 is 1.03 bits per heavy atom. The molecule has 1 unspecified atom stereocenters. The van der Waals surface area contributed by atoms with Crippen LogP contribution in [-0.2, 0) is 30.1 Å². The molecule has 0 radical (unpaired) electrons. The molecule has 2 aliphatic heterocycles. The SMILES string of the molecule is O=S1CCCCc2nc(N3CCC(c4ccc5c(c4)CCC5)CC3)nc(NC3(CO)CCC3)c21. The van der Waals surface area contributed by atoms with Crippen LogP contribution < -0.4 is 10.2 Å². The van der Waals surface area contributed by atoms with Gasteiger partial charge in [0.25, 0.3) is 0 Å². The normalized spacial score (nSPS) is 24.1. The van der Waals surface area contributed by atoms with E-state index < -0.39 is 10.8 Å². The minimum Gasteiger partial charge on any atom is -0.394 e. The Morgan fingerprint density at radius 2 is 1.85 bits per heavy atom. The molecule has 1 saturated carbocycles. The van der Waals surface area contributed by atoms with Crippen molar-refractivity contribution in [1.82, 2.24) is 9.97 Å². The molecular weight excluding hydrogens is 444 g/mol. The van der Waals surface area contributed by atoms with Crippen molar-refractivity contribution in [2.24, 2.45) is 0 Å². The second-order valence-electron chi connectivity index (χ2n) is 10.7. The number of aliphatic hydroxyl groups excluding tert-OH is 1. The first-order valence-electron chi connectivity index (χ1n) is 13.2. The molecule has 2 N–H and O–H groups in total. The van der Waals surface area contributed by atoms with Crippen molar-refractivity contribution < 1.29 is 9.32 Å². The number of aryl methyl sites for hydroxylation is 3. The van der Waals surface area contributed by atoms with Crippen molar-refractivity contribution in [3.05, 3.63) is 40.6 Å². The van der Waals surface area contributed by atoms with Crippen LogP contribution in [0.5, 0.6) is 0 Å². The first-order chi connectivity index (χ1) is 16.6. The van der Waals surface area contributed by atoms with Crippen molar-refractivity contribution in [1.29, 1.82) is 0 Å². The summed E-state index contributed by atoms with van der Waals surface area (Å²) >= 11 is 0. The summed E-state index contributed by atoms with van der Waals surface area (Å²) in [5.74, 6) is 2.73. The lowest BCUT2D eigenvalue weighted by molar-refractivity contribution is 0.143. The van der Waals surface area contributed by atoms with Crippen LogP contribution in [0.25, 0.3) is 0 Å². The molecule has 1 saturated heterocycles. The van der Waals surface area contributed by atoms with Gasteiger partial charge in [0.2, 0.25) is 5.95 Å². The first kappa shape index (κ1) is 22.5. The second kappa shape index (κ2) is 9.23. The Hall–Kier alpha value is -1.99. The van der Waals surface area contributed by atoms with Crippen LogP contribution in [0.1, 0.15) is 79.7 Å². The van der Waals surface area contributed by atoms with Crippen LogP contribution in [0.4, 0.5) is 11.8 Å². The third-order valence-corrected chi connectivity index (χ3v) is 10.1. The van der Waals surface area contributed by atoms with E-state index in [1.165, 1.54) is 24.8 Å². The van der Waals surface area contributed by atoms with Gasteiger partial charge in [0.15, 0.2) is 0 Å². The Bertz CT molecular complexity index is 1090. The minimum absolute atomic E-state index is 0.0833. The molecule has 182 valence electrons. The van der Waals surface area contributed by atoms with Gasteiger partial charge in [0, 0.05) is 18.8 Å². The van der Waals surface area contributed by atoms with Gasteiger partial charge in [-0.3, -0.25) is 4.21 Å². The zero-order valence-electron chi connectivity index (χ0n) is 20.0. The summed E-state index contributed by atoms with van der Waals surface area (Å²) < 4.78 is 13.1. The van der Waals surface area contributed by atoms with E-state index in [0.29, 0.717) is 17.5 Å². The Labute approximate surface area is 205 Å². The predicted octanol–water partition coefficient (Wildman–Crippen LogP) is 4.12. The summed E-state index contributed by atoms with van der Waals surface area (Å²) in [5.41, 5.74) is 5.22. The summed E-state index contributed by atoms with van der Waals surface area (Å²) in [6, 6.07) is 7.18. The monoisotopic (exact) mass is 480 g/mol. The Kier molecular flexibility index (Phi) is 6.10. The molecule has 2 fully saturated rings. The molecule has 2 aliphatic carbocycles. The average Bonchev–Trinajstić information content (AvgIpc) is 3.23. The summed E-state index contributed by atoms with van der Waals surface area (Å²) in [7, 11) is -1.09. The maximum Gasteiger partial charge on any atom is 0.227 e. The number of nitrogens with one attached hydrogen (secondary N) is 1. The first-order valence-corrected chi connectivity index (χ1v) is 14.5. The largest absolute Gasteiger partial charge is 0.394 e. The summed E-state index contributed by atoms with van der Waals surface area (Å²) in [6.45, 7) is 1.96. The molecule has 6 nitrogen and oxygen atoms in total. The van der Waals surface area contributed by atoms with E-state index in [9.17, 15) is 9.32 Å². The molecule has 1 atom stereocenters. The van der Waals surface area contributed by atoms with Gasteiger partial charge in [-0.25, -0.2) is 4.98 Å². The summed E-state index contributed by atoms with van der Waals surface area (Å²) in [6.07, 6.45) is 11.8. The van der Waals surface area contributed by atoms with E-state index in [1.54, 1.807) is 11.1 Å². The summed E-state index contributed by atoms with van der Waals surface area (Å²) in [4.78, 5) is 13.0. The number of benzene rings is 1. The molecule has 4 aliphatic rings. The minimum atomic E-state index is -1.09. The Morgan fingerprint density at radius 3 is 2.62 bits per heavy atom. The smallest absolute Gasteiger partial charge is 0.227 e. The lowest BCUT2D eigenvalue weighted by Crippen LogP contribution is -2.49. The van der Waals surface area contributed by atoms with E-state index in [1.807, 2.05) is 0 Å². The molecule has 34 heavy (non-hydrogen) atoms. The molecule has 3 heterocycles. The lowest BCUT2D eigenvalue weighted by Gasteiger charge is -2.42. The van der Waals surface area contributed by atoms with Gasteiger partial charge in [0.1, 0.15) is 10.7 Å². The number of hydrogen-bond donors (Lipinski definition) is 2. The molecule has 0 bridgehead atoms. The lowest BCUT2D eigenvalue weighted by atomic mass is 9.77. The number of anilines is 2. The highest BCUT2D eigenvalue weighted by atomic mass is 32.2. The van der Waals surface area contributed by atoms with E-state index in [-0.39, 0.29) is 12.1 Å². The van der Waals surface area contributed by atoms with Gasteiger partial charge in [-0.05, 0) is 93.2 Å². The Balaban J connectivity index is 1.25. The average molecular weight is 481 g/mol. The molecule has 0 spiro atoms. The van der Waals surface area contributed by atoms with Gasteiger partial charge >= 0.3 is 0 Å². The fraction of sp³-hybridized carbons (Fsp3) is 0.630.